The number of nitro groups is 1. The van der Waals surface area contributed by atoms with Gasteiger partial charge in [-0.3, -0.25) is 24.3 Å². The molecule has 0 fully saturated rings. The van der Waals surface area contributed by atoms with Crippen molar-refractivity contribution in [3.63, 3.8) is 0 Å². The summed E-state index contributed by atoms with van der Waals surface area (Å²) in [6.45, 7) is 5.22. The minimum Gasteiger partial charge on any atom is -0.322 e. The van der Waals surface area contributed by atoms with E-state index >= 15 is 0 Å². The lowest BCUT2D eigenvalue weighted by Gasteiger charge is -2.13. The molecular weight excluding hydrogens is 384 g/mol. The molecule has 1 unspecified atom stereocenters. The Bertz CT molecular complexity index is 1040. The first kappa shape index (κ1) is 19.6. The molecule has 1 aromatic carbocycles. The summed E-state index contributed by atoms with van der Waals surface area (Å²) in [6.07, 6.45) is 3.22. The molecule has 0 spiro atoms. The predicted octanol–water partition coefficient (Wildman–Crippen LogP) is 3.51. The number of carbonyl (C=O) groups excluding carboxylic acids is 1. The molecule has 146 valence electrons. The number of benzene rings is 1. The number of halogens is 1. The second kappa shape index (κ2) is 7.81. The first-order valence-electron chi connectivity index (χ1n) is 8.54. The number of anilines is 1. The second-order valence-electron chi connectivity index (χ2n) is 6.40. The van der Waals surface area contributed by atoms with E-state index in [2.05, 4.69) is 15.5 Å². The van der Waals surface area contributed by atoms with Gasteiger partial charge in [-0.05, 0) is 32.4 Å². The lowest BCUT2D eigenvalue weighted by molar-refractivity contribution is -0.386. The number of carbonyl (C=O) groups is 1. The molecule has 0 aliphatic rings. The third kappa shape index (κ3) is 3.89. The van der Waals surface area contributed by atoms with Crippen LogP contribution >= 0.6 is 11.6 Å². The Morgan fingerprint density at radius 1 is 1.36 bits per heavy atom. The van der Waals surface area contributed by atoms with E-state index in [1.807, 2.05) is 18.2 Å². The van der Waals surface area contributed by atoms with E-state index in [0.29, 0.717) is 22.9 Å². The third-order valence-corrected chi connectivity index (χ3v) is 4.78. The summed E-state index contributed by atoms with van der Waals surface area (Å²) in [6, 6.07) is 6.73. The van der Waals surface area contributed by atoms with Gasteiger partial charge in [-0.1, -0.05) is 29.8 Å². The minimum atomic E-state index is -0.723. The largest absolute Gasteiger partial charge is 0.322 e. The number of aryl methyl sites for hydroxylation is 1. The van der Waals surface area contributed by atoms with Gasteiger partial charge in [-0.2, -0.15) is 10.2 Å². The molecule has 0 bridgehead atoms. The van der Waals surface area contributed by atoms with Crippen molar-refractivity contribution in [1.82, 2.24) is 19.6 Å². The van der Waals surface area contributed by atoms with Gasteiger partial charge in [0.2, 0.25) is 5.91 Å². The molecule has 0 aliphatic heterocycles. The van der Waals surface area contributed by atoms with Gasteiger partial charge in [0.15, 0.2) is 0 Å². The second-order valence-corrected chi connectivity index (χ2v) is 6.81. The van der Waals surface area contributed by atoms with Crippen LogP contribution in [0.3, 0.4) is 0 Å². The Hall–Kier alpha value is -3.20. The van der Waals surface area contributed by atoms with E-state index in [-0.39, 0.29) is 17.3 Å². The lowest BCUT2D eigenvalue weighted by Crippen LogP contribution is -2.25. The molecule has 1 amide bonds. The summed E-state index contributed by atoms with van der Waals surface area (Å²) in [7, 11) is 0. The molecule has 9 nitrogen and oxygen atoms in total. The maximum Gasteiger partial charge on any atom is 0.312 e. The van der Waals surface area contributed by atoms with Crippen LogP contribution in [0.2, 0.25) is 5.02 Å². The van der Waals surface area contributed by atoms with E-state index in [9.17, 15) is 14.9 Å². The van der Waals surface area contributed by atoms with E-state index in [4.69, 9.17) is 11.6 Å². The van der Waals surface area contributed by atoms with Crippen LogP contribution in [0.1, 0.15) is 29.9 Å². The highest BCUT2D eigenvalue weighted by Crippen LogP contribution is 2.25. The summed E-state index contributed by atoms with van der Waals surface area (Å²) in [4.78, 5) is 23.2. The summed E-state index contributed by atoms with van der Waals surface area (Å²) >= 11 is 6.16. The van der Waals surface area contributed by atoms with Gasteiger partial charge in [0.25, 0.3) is 0 Å². The highest BCUT2D eigenvalue weighted by Gasteiger charge is 2.27. The van der Waals surface area contributed by atoms with Crippen molar-refractivity contribution in [1.29, 1.82) is 0 Å². The number of nitrogens with one attached hydrogen (secondary N) is 1. The fraction of sp³-hybridized carbons (Fsp3) is 0.278. The smallest absolute Gasteiger partial charge is 0.312 e. The van der Waals surface area contributed by atoms with E-state index in [0.717, 1.165) is 5.56 Å². The zero-order chi connectivity index (χ0) is 20.4. The molecule has 10 heteroatoms. The molecule has 2 heterocycles. The van der Waals surface area contributed by atoms with Crippen LogP contribution in [-0.2, 0) is 11.3 Å². The monoisotopic (exact) mass is 402 g/mol. The zero-order valence-corrected chi connectivity index (χ0v) is 16.3. The quantitative estimate of drug-likeness (QED) is 0.501. The van der Waals surface area contributed by atoms with Crippen molar-refractivity contribution in [2.45, 2.75) is 33.4 Å². The third-order valence-electron chi connectivity index (χ3n) is 4.41. The molecule has 1 N–H and O–H groups in total. The van der Waals surface area contributed by atoms with Crippen molar-refractivity contribution >= 4 is 28.9 Å². The first-order chi connectivity index (χ1) is 13.3. The average Bonchev–Trinajstić information content (AvgIpc) is 3.19. The Morgan fingerprint density at radius 2 is 2.07 bits per heavy atom. The van der Waals surface area contributed by atoms with Crippen molar-refractivity contribution in [2.75, 3.05) is 5.32 Å². The van der Waals surface area contributed by atoms with Crippen LogP contribution in [0, 0.1) is 24.0 Å². The number of nitrogens with zero attached hydrogens (tertiary/aromatic N) is 5. The van der Waals surface area contributed by atoms with Crippen LogP contribution in [0.25, 0.3) is 0 Å². The van der Waals surface area contributed by atoms with Gasteiger partial charge in [0, 0.05) is 11.2 Å². The van der Waals surface area contributed by atoms with Crippen molar-refractivity contribution in [2.24, 2.45) is 0 Å². The SMILES string of the molecule is Cc1nn(C(C)C(=O)Nc2cnn(Cc3ccccc3Cl)c2)c(C)c1[N+](=O)[O-]. The van der Waals surface area contributed by atoms with Gasteiger partial charge in [-0.15, -0.1) is 0 Å². The normalized spacial score (nSPS) is 12.0. The summed E-state index contributed by atoms with van der Waals surface area (Å²) in [5.41, 5.74) is 1.95. The van der Waals surface area contributed by atoms with Gasteiger partial charge < -0.3 is 5.32 Å². The molecule has 0 saturated heterocycles. The molecule has 3 rings (SSSR count). The van der Waals surface area contributed by atoms with Crippen LogP contribution in [0.4, 0.5) is 11.4 Å². The van der Waals surface area contributed by atoms with Gasteiger partial charge >= 0.3 is 5.69 Å². The fourth-order valence-electron chi connectivity index (χ4n) is 2.97. The molecule has 0 saturated carbocycles. The number of aromatic nitrogens is 4. The number of amides is 1. The molecule has 3 aromatic rings. The Balaban J connectivity index is 1.72. The number of hydrogen-bond donors (Lipinski definition) is 1. The Kier molecular flexibility index (Phi) is 5.46. The molecule has 28 heavy (non-hydrogen) atoms. The average molecular weight is 403 g/mol. The van der Waals surface area contributed by atoms with Gasteiger partial charge in [-0.25, -0.2) is 0 Å². The Morgan fingerprint density at radius 3 is 2.71 bits per heavy atom. The Labute approximate surface area is 166 Å². The summed E-state index contributed by atoms with van der Waals surface area (Å²) < 4.78 is 3.02. The number of hydrogen-bond acceptors (Lipinski definition) is 5. The van der Waals surface area contributed by atoms with Gasteiger partial charge in [0.05, 0.1) is 23.4 Å². The highest BCUT2D eigenvalue weighted by atomic mass is 35.5. The molecular formula is C18H19ClN6O3. The first-order valence-corrected chi connectivity index (χ1v) is 8.92. The van der Waals surface area contributed by atoms with Gasteiger partial charge in [0.1, 0.15) is 17.4 Å². The molecule has 1 atom stereocenters. The molecule has 2 aromatic heterocycles. The minimum absolute atomic E-state index is 0.0767. The lowest BCUT2D eigenvalue weighted by atomic mass is 10.2. The summed E-state index contributed by atoms with van der Waals surface area (Å²) in [5, 5.41) is 22.9. The fourth-order valence-corrected chi connectivity index (χ4v) is 3.16. The van der Waals surface area contributed by atoms with E-state index in [1.54, 1.807) is 37.7 Å². The zero-order valence-electron chi connectivity index (χ0n) is 15.6. The highest BCUT2D eigenvalue weighted by molar-refractivity contribution is 6.31. The topological polar surface area (TPSA) is 108 Å². The van der Waals surface area contributed by atoms with Crippen LogP contribution in [0.5, 0.6) is 0 Å². The van der Waals surface area contributed by atoms with Crippen LogP contribution < -0.4 is 5.32 Å². The van der Waals surface area contributed by atoms with Crippen molar-refractivity contribution < 1.29 is 9.72 Å². The molecule has 0 aliphatic carbocycles. The summed E-state index contributed by atoms with van der Waals surface area (Å²) in [5.74, 6) is -0.349. The predicted molar refractivity (Wildman–Crippen MR) is 104 cm³/mol. The number of rotatable bonds is 6. The van der Waals surface area contributed by atoms with E-state index < -0.39 is 11.0 Å². The maximum atomic E-state index is 12.6. The molecule has 0 radical (unpaired) electrons. The standard InChI is InChI=1S/C18H19ClN6O3/c1-11-17(25(27)28)12(2)24(22-11)13(3)18(26)21-15-8-20-23(10-15)9-14-6-4-5-7-16(14)19/h4-8,10,13H,9H2,1-3H3,(H,21,26). The van der Waals surface area contributed by atoms with Crippen LogP contribution in [-0.4, -0.2) is 30.4 Å². The van der Waals surface area contributed by atoms with Crippen LogP contribution in [0.15, 0.2) is 36.7 Å². The van der Waals surface area contributed by atoms with E-state index in [1.165, 1.54) is 10.9 Å². The van der Waals surface area contributed by atoms with Crippen molar-refractivity contribution in [3.05, 3.63) is 68.7 Å². The van der Waals surface area contributed by atoms with Crippen molar-refractivity contribution in [3.8, 4) is 0 Å². The maximum absolute atomic E-state index is 12.6.